The van der Waals surface area contributed by atoms with E-state index in [1.807, 2.05) is 0 Å². The van der Waals surface area contributed by atoms with E-state index in [9.17, 15) is 59.3 Å². The molecule has 1 fully saturated rings. The Morgan fingerprint density at radius 2 is 1.28 bits per heavy atom. The van der Waals surface area contributed by atoms with E-state index in [1.165, 1.54) is 6.07 Å². The maximum atomic E-state index is 14.4. The number of phenolic OH excluding ortho intramolecular Hbond substituents is 1. The second kappa shape index (κ2) is 19.8. The zero-order valence-corrected chi connectivity index (χ0v) is 32.5. The van der Waals surface area contributed by atoms with Crippen molar-refractivity contribution >= 4 is 53.0 Å². The van der Waals surface area contributed by atoms with Crippen LogP contribution >= 0.6 is 0 Å². The van der Waals surface area contributed by atoms with Gasteiger partial charge in [-0.15, -0.1) is 0 Å². The van der Waals surface area contributed by atoms with Crippen LogP contribution in [0.25, 0.3) is 0 Å². The zero-order chi connectivity index (χ0) is 44.5. The Hall–Kier alpha value is -7.12. The van der Waals surface area contributed by atoms with Crippen molar-refractivity contribution in [2.75, 3.05) is 26.2 Å². The molecule has 3 aliphatic heterocycles. The van der Waals surface area contributed by atoms with Crippen molar-refractivity contribution in [1.82, 2.24) is 42.5 Å². The van der Waals surface area contributed by atoms with E-state index >= 15 is 0 Å². The summed E-state index contributed by atoms with van der Waals surface area (Å²) in [7, 11) is 0. The quantitative estimate of drug-likeness (QED) is 0.0780. The summed E-state index contributed by atoms with van der Waals surface area (Å²) >= 11 is 0. The number of carbonyl (C=O) groups is 6. The topological polar surface area (TPSA) is 399 Å². The fourth-order valence-corrected chi connectivity index (χ4v) is 6.80. The standard InChI is InChI=1S/C36H47N13O12/c1-15(17-5-3-2-4-6-17)25-32(57)42-18(9-16-7-8-23(51)22(10-16)49(60)61)31(56)47-27(29(54)20-12-41-36(38)45-20)34(59)48-26(28(53)19-11-40-35(37)44-19)33(58)43-21(14-50)30(55)39-13-24(52)46-25/h2-8,10,15,18-21,25-29,50-51,53-54H,9,11-14H2,1H3,(H,39,55)(H,42,57)(H,43,58)(H,46,52)(H,47,56)(H,48,59)(H3,37,40,44)(H3,38,41,45)/t15?,18-,19?,20?,21+,25+,26-,27+,28?,29?/m1/s1. The first-order chi connectivity index (χ1) is 29.0. The van der Waals surface area contributed by atoms with Crippen LogP contribution < -0.4 is 54.0 Å². The minimum Gasteiger partial charge on any atom is -0.502 e. The Balaban J connectivity index is 1.59. The zero-order valence-electron chi connectivity index (χ0n) is 32.5. The minimum atomic E-state index is -2.05. The van der Waals surface area contributed by atoms with Gasteiger partial charge in [0, 0.05) is 18.4 Å². The van der Waals surface area contributed by atoms with Gasteiger partial charge < -0.3 is 74.4 Å². The molecule has 1 saturated heterocycles. The number of rotatable bonds is 10. The molecule has 0 bridgehead atoms. The summed E-state index contributed by atoms with van der Waals surface area (Å²) in [6, 6.07) is 0.333. The van der Waals surface area contributed by atoms with E-state index in [1.54, 1.807) is 37.3 Å². The number of aliphatic imine (C=N–C) groups is 2. The Morgan fingerprint density at radius 1 is 0.738 bits per heavy atom. The molecular weight excluding hydrogens is 806 g/mol. The second-order valence-corrected chi connectivity index (χ2v) is 14.5. The van der Waals surface area contributed by atoms with Crippen LogP contribution in [0, 0.1) is 10.1 Å². The van der Waals surface area contributed by atoms with Gasteiger partial charge in [0.1, 0.15) is 42.4 Å². The average molecular weight is 854 g/mol. The van der Waals surface area contributed by atoms with Gasteiger partial charge in [-0.2, -0.15) is 0 Å². The van der Waals surface area contributed by atoms with Gasteiger partial charge in [-0.25, -0.2) is 0 Å². The number of nitrogens with zero attached hydrogens (tertiary/aromatic N) is 3. The van der Waals surface area contributed by atoms with Crippen molar-refractivity contribution in [3.05, 3.63) is 69.8 Å². The molecular formula is C36H47N13O12. The number of carbonyl (C=O) groups excluding carboxylic acids is 6. The van der Waals surface area contributed by atoms with Gasteiger partial charge in [-0.3, -0.25) is 48.9 Å². The lowest BCUT2D eigenvalue weighted by Crippen LogP contribution is -2.67. The second-order valence-electron chi connectivity index (χ2n) is 14.5. The minimum absolute atomic E-state index is 0.0375. The summed E-state index contributed by atoms with van der Waals surface area (Å²) in [4.78, 5) is 102. The lowest BCUT2D eigenvalue weighted by Gasteiger charge is -2.33. The molecule has 16 N–H and O–H groups in total. The first-order valence-corrected chi connectivity index (χ1v) is 18.9. The highest BCUT2D eigenvalue weighted by atomic mass is 16.6. The molecule has 6 amide bonds. The van der Waals surface area contributed by atoms with Crippen LogP contribution in [0.5, 0.6) is 5.75 Å². The number of phenols is 1. The molecule has 0 aliphatic carbocycles. The summed E-state index contributed by atoms with van der Waals surface area (Å²) in [5.74, 6) is -8.42. The smallest absolute Gasteiger partial charge is 0.310 e. The normalized spacial score (nSPS) is 27.0. The number of aliphatic hydroxyl groups excluding tert-OH is 3. The highest BCUT2D eigenvalue weighted by Crippen LogP contribution is 2.27. The van der Waals surface area contributed by atoms with E-state index in [0.29, 0.717) is 5.56 Å². The van der Waals surface area contributed by atoms with Crippen molar-refractivity contribution < 1.29 is 54.1 Å². The fourth-order valence-electron chi connectivity index (χ4n) is 6.80. The molecule has 2 aromatic carbocycles. The SMILES string of the molecule is CC(c1ccccc1)[C@@H]1NC(=O)CNC(=O)[C@H](CO)NC(=O)[C@@H](C(O)C2CN=C(N)N2)NC(=O)[C@H](C(O)C2CN=C(N)N2)NC(=O)[C@@H](Cc2ccc(O)c([N+](=O)[O-])c2)NC1=O. The monoisotopic (exact) mass is 853 g/mol. The molecule has 328 valence electrons. The van der Waals surface area contributed by atoms with Gasteiger partial charge in [-0.05, 0) is 17.2 Å². The number of amides is 6. The third-order valence-corrected chi connectivity index (χ3v) is 10.2. The van der Waals surface area contributed by atoms with Crippen molar-refractivity contribution in [2.24, 2.45) is 21.5 Å². The number of nitrogens with one attached hydrogen (secondary N) is 8. The predicted molar refractivity (Wildman–Crippen MR) is 212 cm³/mol. The van der Waals surface area contributed by atoms with Crippen molar-refractivity contribution in [2.45, 2.75) is 73.8 Å². The molecule has 0 radical (unpaired) electrons. The number of nitro groups is 1. The number of benzene rings is 2. The lowest BCUT2D eigenvalue weighted by atomic mass is 9.92. The van der Waals surface area contributed by atoms with Crippen LogP contribution in [0.1, 0.15) is 24.0 Å². The third-order valence-electron chi connectivity index (χ3n) is 10.2. The van der Waals surface area contributed by atoms with Gasteiger partial charge >= 0.3 is 5.69 Å². The maximum absolute atomic E-state index is 14.4. The Labute approximate surface area is 346 Å². The Morgan fingerprint density at radius 3 is 1.82 bits per heavy atom. The molecule has 3 aliphatic rings. The molecule has 0 aromatic heterocycles. The molecule has 3 heterocycles. The van der Waals surface area contributed by atoms with Crippen LogP contribution in [0.3, 0.4) is 0 Å². The van der Waals surface area contributed by atoms with E-state index in [0.717, 1.165) is 12.1 Å². The number of guanidine groups is 2. The number of aliphatic hydroxyl groups is 3. The maximum Gasteiger partial charge on any atom is 0.310 e. The summed E-state index contributed by atoms with van der Waals surface area (Å²) in [6.45, 7) is -0.609. The molecule has 5 rings (SSSR count). The van der Waals surface area contributed by atoms with Crippen molar-refractivity contribution in [3.63, 3.8) is 0 Å². The first kappa shape index (κ1) is 45.0. The first-order valence-electron chi connectivity index (χ1n) is 18.9. The molecule has 25 nitrogen and oxygen atoms in total. The van der Waals surface area contributed by atoms with Gasteiger partial charge in [0.25, 0.3) is 0 Å². The number of nitrogens with two attached hydrogens (primary N) is 2. The van der Waals surface area contributed by atoms with Crippen LogP contribution in [0.2, 0.25) is 0 Å². The third kappa shape index (κ3) is 11.1. The Bertz CT molecular complexity index is 2070. The fraction of sp³-hybridized carbons (Fsp3) is 0.444. The summed E-state index contributed by atoms with van der Waals surface area (Å²) in [5.41, 5.74) is 11.3. The summed E-state index contributed by atoms with van der Waals surface area (Å²) < 4.78 is 0. The predicted octanol–water partition coefficient (Wildman–Crippen LogP) is -6.51. The van der Waals surface area contributed by atoms with Crippen molar-refractivity contribution in [3.8, 4) is 5.75 Å². The highest BCUT2D eigenvalue weighted by molar-refractivity contribution is 5.98. The number of hydrogen-bond donors (Lipinski definition) is 14. The molecule has 61 heavy (non-hydrogen) atoms. The van der Waals surface area contributed by atoms with E-state index in [2.05, 4.69) is 52.5 Å². The summed E-state index contributed by atoms with van der Waals surface area (Å²) in [6.07, 6.45) is -4.31. The van der Waals surface area contributed by atoms with E-state index in [-0.39, 0.29) is 30.6 Å². The van der Waals surface area contributed by atoms with Crippen LogP contribution in [-0.4, -0.2) is 153 Å². The highest BCUT2D eigenvalue weighted by Gasteiger charge is 2.43. The average Bonchev–Trinajstić information content (AvgIpc) is 3.89. The van der Waals surface area contributed by atoms with Crippen LogP contribution in [0.4, 0.5) is 5.69 Å². The molecule has 25 heteroatoms. The molecule has 10 atom stereocenters. The van der Waals surface area contributed by atoms with Crippen LogP contribution in [0.15, 0.2) is 58.5 Å². The van der Waals surface area contributed by atoms with E-state index in [4.69, 9.17) is 11.5 Å². The molecule has 5 unspecified atom stereocenters. The van der Waals surface area contributed by atoms with Gasteiger partial charge in [0.05, 0.1) is 43.2 Å². The molecule has 0 saturated carbocycles. The number of hydrogen-bond acceptors (Lipinski definition) is 18. The van der Waals surface area contributed by atoms with E-state index < -0.39 is 132 Å². The molecule has 2 aromatic rings. The molecule has 0 spiro atoms. The number of nitro benzene ring substituents is 1. The number of aromatic hydroxyl groups is 1. The van der Waals surface area contributed by atoms with Crippen molar-refractivity contribution in [1.29, 1.82) is 0 Å². The van der Waals surface area contributed by atoms with Gasteiger partial charge in [0.2, 0.25) is 35.4 Å². The van der Waals surface area contributed by atoms with Gasteiger partial charge in [-0.1, -0.05) is 43.3 Å². The lowest BCUT2D eigenvalue weighted by molar-refractivity contribution is -0.385. The van der Waals surface area contributed by atoms with Crippen LogP contribution in [-0.2, 0) is 35.2 Å². The summed E-state index contributed by atoms with van der Waals surface area (Å²) in [5, 5.41) is 74.4. The Kier molecular flexibility index (Phi) is 14.6. The largest absolute Gasteiger partial charge is 0.502 e. The van der Waals surface area contributed by atoms with Gasteiger partial charge in [0.15, 0.2) is 17.7 Å².